The van der Waals surface area contributed by atoms with Crippen molar-refractivity contribution >= 4 is 39.9 Å². The molecule has 0 bridgehead atoms. The van der Waals surface area contributed by atoms with Gasteiger partial charge in [-0.1, -0.05) is 44.6 Å². The van der Waals surface area contributed by atoms with Crippen molar-refractivity contribution < 1.29 is 38.4 Å². The molecule has 1 amide bonds. The van der Waals surface area contributed by atoms with Crippen LogP contribution >= 0.6 is 11.3 Å². The predicted octanol–water partition coefficient (Wildman–Crippen LogP) is 6.09. The van der Waals surface area contributed by atoms with Crippen LogP contribution in [0.1, 0.15) is 66.1 Å². The number of aliphatic hydroxyl groups is 1. The molecule has 1 aromatic heterocycles. The summed E-state index contributed by atoms with van der Waals surface area (Å²) in [5, 5.41) is 11.6. The van der Waals surface area contributed by atoms with Gasteiger partial charge in [0.25, 0.3) is 5.78 Å². The van der Waals surface area contributed by atoms with Crippen LogP contribution in [0.15, 0.2) is 48.0 Å². The summed E-state index contributed by atoms with van der Waals surface area (Å²) in [6.45, 7) is 8.34. The summed E-state index contributed by atoms with van der Waals surface area (Å²) >= 11 is 0.950. The number of esters is 1. The summed E-state index contributed by atoms with van der Waals surface area (Å²) in [6, 6.07) is 10.6. The van der Waals surface area contributed by atoms with Crippen LogP contribution in [-0.2, 0) is 14.3 Å². The maximum Gasteiger partial charge on any atom is 0.350 e. The molecule has 3 aromatic rings. The number of ketones is 1. The van der Waals surface area contributed by atoms with Crippen LogP contribution in [0.5, 0.6) is 17.2 Å². The third-order valence-corrected chi connectivity index (χ3v) is 7.92. The smallest absolute Gasteiger partial charge is 0.350 e. The second kappa shape index (κ2) is 13.7. The van der Waals surface area contributed by atoms with Crippen molar-refractivity contribution in [1.29, 1.82) is 0 Å². The molecule has 1 aliphatic heterocycles. The van der Waals surface area contributed by atoms with E-state index in [1.54, 1.807) is 49.4 Å². The highest BCUT2D eigenvalue weighted by molar-refractivity contribution is 7.17. The molecule has 10 nitrogen and oxygen atoms in total. The van der Waals surface area contributed by atoms with E-state index >= 15 is 0 Å². The van der Waals surface area contributed by atoms with Gasteiger partial charge < -0.3 is 24.1 Å². The van der Waals surface area contributed by atoms with E-state index in [1.165, 1.54) is 19.1 Å². The van der Waals surface area contributed by atoms with Crippen LogP contribution in [0, 0.1) is 12.8 Å². The van der Waals surface area contributed by atoms with E-state index in [-0.39, 0.29) is 33.9 Å². The lowest BCUT2D eigenvalue weighted by Gasteiger charge is -2.23. The number of carbonyl (C=O) groups excluding carboxylic acids is 3. The van der Waals surface area contributed by atoms with Gasteiger partial charge in [-0.15, -0.1) is 0 Å². The SMILES string of the molecule is CCCCOc1ccc(C(O)=C2C(=O)C(=O)N(c3nc(C)c(C(=O)OCC(C)C)s3)[C@@H]2c2ccc(OC)c(OC)c2)cc1. The Morgan fingerprint density at radius 3 is 2.40 bits per heavy atom. The number of carbonyl (C=O) groups is 3. The monoisotopic (exact) mass is 608 g/mol. The molecule has 1 N–H and O–H groups in total. The Bertz CT molecular complexity index is 1530. The number of aromatic nitrogens is 1. The molecular weight excluding hydrogens is 572 g/mol. The Labute approximate surface area is 254 Å². The number of unbranched alkanes of at least 4 members (excludes halogenated alkanes) is 1. The summed E-state index contributed by atoms with van der Waals surface area (Å²) < 4.78 is 22.0. The molecule has 1 atom stereocenters. The first-order valence-electron chi connectivity index (χ1n) is 14.0. The van der Waals surface area contributed by atoms with Crippen molar-refractivity contribution in [3.63, 3.8) is 0 Å². The highest BCUT2D eigenvalue weighted by Crippen LogP contribution is 2.45. The number of hydrogen-bond acceptors (Lipinski definition) is 10. The number of Topliss-reactive ketones (excluding diaryl/α,β-unsaturated/α-hetero) is 1. The molecule has 0 saturated carbocycles. The van der Waals surface area contributed by atoms with Crippen LogP contribution < -0.4 is 19.1 Å². The van der Waals surface area contributed by atoms with Crippen molar-refractivity contribution in [2.24, 2.45) is 5.92 Å². The first-order chi connectivity index (χ1) is 20.6. The second-order valence-corrected chi connectivity index (χ2v) is 11.4. The van der Waals surface area contributed by atoms with Gasteiger partial charge in [0.2, 0.25) is 0 Å². The zero-order valence-electron chi connectivity index (χ0n) is 25.1. The second-order valence-electron chi connectivity index (χ2n) is 10.4. The molecule has 228 valence electrons. The van der Waals surface area contributed by atoms with Crippen LogP contribution in [-0.4, -0.2) is 55.2 Å². The number of benzene rings is 2. The van der Waals surface area contributed by atoms with E-state index in [1.807, 2.05) is 13.8 Å². The number of rotatable bonds is 12. The van der Waals surface area contributed by atoms with Gasteiger partial charge in [-0.3, -0.25) is 14.5 Å². The number of methoxy groups -OCH3 is 2. The number of aliphatic hydroxyl groups excluding tert-OH is 1. The molecule has 2 heterocycles. The molecule has 43 heavy (non-hydrogen) atoms. The number of nitrogens with zero attached hydrogens (tertiary/aromatic N) is 2. The van der Waals surface area contributed by atoms with Gasteiger partial charge >= 0.3 is 11.9 Å². The first kappa shape index (κ1) is 31.6. The Hall–Kier alpha value is -4.38. The minimum absolute atomic E-state index is 0.120. The van der Waals surface area contributed by atoms with Crippen LogP contribution in [0.25, 0.3) is 5.76 Å². The van der Waals surface area contributed by atoms with E-state index in [0.717, 1.165) is 24.2 Å². The maximum atomic E-state index is 13.6. The topological polar surface area (TPSA) is 124 Å². The lowest BCUT2D eigenvalue weighted by molar-refractivity contribution is -0.132. The summed E-state index contributed by atoms with van der Waals surface area (Å²) in [5.74, 6) is -1.13. The van der Waals surface area contributed by atoms with Gasteiger partial charge in [-0.05, 0) is 61.2 Å². The molecular formula is C32H36N2O8S. The number of hydrogen-bond donors (Lipinski definition) is 1. The molecule has 1 fully saturated rings. The fourth-order valence-corrected chi connectivity index (χ4v) is 5.54. The van der Waals surface area contributed by atoms with Crippen LogP contribution in [0.2, 0.25) is 0 Å². The molecule has 11 heteroatoms. The van der Waals surface area contributed by atoms with Crippen molar-refractivity contribution in [2.45, 2.75) is 46.6 Å². The van der Waals surface area contributed by atoms with Gasteiger partial charge in [0, 0.05) is 5.56 Å². The Balaban J connectivity index is 1.83. The van der Waals surface area contributed by atoms with Crippen molar-refractivity contribution in [2.75, 3.05) is 32.3 Å². The third-order valence-electron chi connectivity index (χ3n) is 6.79. The molecule has 0 radical (unpaired) electrons. The van der Waals surface area contributed by atoms with Crippen molar-refractivity contribution in [3.05, 3.63) is 69.7 Å². The Kier molecular flexibility index (Phi) is 10.1. The summed E-state index contributed by atoms with van der Waals surface area (Å²) in [5.41, 5.74) is 1.03. The minimum atomic E-state index is -1.08. The number of anilines is 1. The fourth-order valence-electron chi connectivity index (χ4n) is 4.55. The number of aryl methyl sites for hydroxylation is 1. The standard InChI is InChI=1S/C32H36N2O8S/c1-7-8-15-41-22-12-9-20(10-13-22)27(35)25-26(21-11-14-23(39-5)24(16-21)40-6)34(30(37)28(25)36)32-33-19(4)29(43-32)31(38)42-17-18(2)3/h9-14,16,18,26,35H,7-8,15,17H2,1-6H3/t26-/m1/s1. The predicted molar refractivity (Wildman–Crippen MR) is 163 cm³/mol. The van der Waals surface area contributed by atoms with Gasteiger partial charge in [-0.2, -0.15) is 0 Å². The molecule has 0 aliphatic carbocycles. The molecule has 0 spiro atoms. The lowest BCUT2D eigenvalue weighted by Crippen LogP contribution is -2.29. The van der Waals surface area contributed by atoms with E-state index in [0.29, 0.717) is 40.7 Å². The zero-order chi connectivity index (χ0) is 31.3. The normalized spacial score (nSPS) is 16.1. The molecule has 1 saturated heterocycles. The molecule has 0 unspecified atom stereocenters. The van der Waals surface area contributed by atoms with Gasteiger partial charge in [0.15, 0.2) is 16.6 Å². The molecule has 4 rings (SSSR count). The minimum Gasteiger partial charge on any atom is -0.507 e. The fraction of sp³-hybridized carbons (Fsp3) is 0.375. The quantitative estimate of drug-likeness (QED) is 0.0855. The van der Waals surface area contributed by atoms with Crippen LogP contribution in [0.3, 0.4) is 0 Å². The molecule has 1 aliphatic rings. The maximum absolute atomic E-state index is 13.6. The Morgan fingerprint density at radius 2 is 1.77 bits per heavy atom. The van der Waals surface area contributed by atoms with E-state index in [9.17, 15) is 19.5 Å². The van der Waals surface area contributed by atoms with Gasteiger partial charge in [0.1, 0.15) is 16.4 Å². The zero-order valence-corrected chi connectivity index (χ0v) is 25.9. The third kappa shape index (κ3) is 6.67. The molecule has 2 aromatic carbocycles. The van der Waals surface area contributed by atoms with Gasteiger partial charge in [0.05, 0.1) is 44.7 Å². The number of thiazole rings is 1. The van der Waals surface area contributed by atoms with Gasteiger partial charge in [-0.25, -0.2) is 9.78 Å². The highest BCUT2D eigenvalue weighted by atomic mass is 32.1. The van der Waals surface area contributed by atoms with E-state index < -0.39 is 23.7 Å². The van der Waals surface area contributed by atoms with Crippen molar-refractivity contribution in [3.8, 4) is 17.2 Å². The van der Waals surface area contributed by atoms with E-state index in [2.05, 4.69) is 11.9 Å². The Morgan fingerprint density at radius 1 is 1.07 bits per heavy atom. The first-order valence-corrected chi connectivity index (χ1v) is 14.8. The highest BCUT2D eigenvalue weighted by Gasteiger charge is 2.48. The van der Waals surface area contributed by atoms with Crippen molar-refractivity contribution in [1.82, 2.24) is 4.98 Å². The number of ether oxygens (including phenoxy) is 4. The summed E-state index contributed by atoms with van der Waals surface area (Å²) in [6.07, 6.45) is 1.90. The van der Waals surface area contributed by atoms with E-state index in [4.69, 9.17) is 18.9 Å². The number of amides is 1. The van der Waals surface area contributed by atoms with Crippen LogP contribution in [0.4, 0.5) is 5.13 Å². The average Bonchev–Trinajstić information content (AvgIpc) is 3.51. The summed E-state index contributed by atoms with van der Waals surface area (Å²) in [7, 11) is 2.97. The summed E-state index contributed by atoms with van der Waals surface area (Å²) in [4.78, 5) is 45.9. The average molecular weight is 609 g/mol. The largest absolute Gasteiger partial charge is 0.507 e. The lowest BCUT2D eigenvalue weighted by atomic mass is 9.95.